The minimum Gasteiger partial charge on any atom is -0.478 e. The second-order valence-electron chi connectivity index (χ2n) is 5.31. The standard InChI is InChI=1S/C15H23N3O3/c1-2-3-13-10-12(15(20)21)11-14(16-13)18-6-4-17(5-7-18)8-9-19/h10-11,19H,2-9H2,1H3,(H,20,21). The zero-order valence-electron chi connectivity index (χ0n) is 12.5. The van der Waals surface area contributed by atoms with Gasteiger partial charge in [0.1, 0.15) is 5.82 Å². The molecule has 116 valence electrons. The van der Waals surface area contributed by atoms with Crippen molar-refractivity contribution in [3.8, 4) is 0 Å². The van der Waals surface area contributed by atoms with Crippen LogP contribution in [-0.2, 0) is 6.42 Å². The number of β-amino-alcohol motifs (C(OH)–C–C–N with tert-alkyl or cyclic N) is 1. The van der Waals surface area contributed by atoms with Crippen LogP contribution in [0.3, 0.4) is 0 Å². The zero-order chi connectivity index (χ0) is 15.2. The molecule has 0 spiro atoms. The van der Waals surface area contributed by atoms with Gasteiger partial charge in [-0.05, 0) is 18.6 Å². The molecule has 6 nitrogen and oxygen atoms in total. The molecule has 0 unspecified atom stereocenters. The molecule has 0 saturated carbocycles. The Morgan fingerprint density at radius 3 is 2.57 bits per heavy atom. The summed E-state index contributed by atoms with van der Waals surface area (Å²) in [6.07, 6.45) is 1.73. The van der Waals surface area contributed by atoms with Crippen molar-refractivity contribution in [2.75, 3.05) is 44.2 Å². The predicted molar refractivity (Wildman–Crippen MR) is 80.9 cm³/mol. The third-order valence-electron chi connectivity index (χ3n) is 3.73. The number of piperazine rings is 1. The Bertz CT molecular complexity index is 485. The Hall–Kier alpha value is -1.66. The molecule has 0 bridgehead atoms. The molecule has 0 atom stereocenters. The number of hydrogen-bond donors (Lipinski definition) is 2. The Morgan fingerprint density at radius 1 is 1.29 bits per heavy atom. The molecular formula is C15H23N3O3. The molecule has 0 amide bonds. The highest BCUT2D eigenvalue weighted by Gasteiger charge is 2.19. The van der Waals surface area contributed by atoms with Crippen LogP contribution in [-0.4, -0.2) is 65.4 Å². The normalized spacial score (nSPS) is 16.2. The lowest BCUT2D eigenvalue weighted by Gasteiger charge is -2.35. The number of rotatable bonds is 6. The summed E-state index contributed by atoms with van der Waals surface area (Å²) in [4.78, 5) is 20.2. The number of carboxylic acid groups (broad SMARTS) is 1. The summed E-state index contributed by atoms with van der Waals surface area (Å²) in [7, 11) is 0. The quantitative estimate of drug-likeness (QED) is 0.809. The highest BCUT2D eigenvalue weighted by Crippen LogP contribution is 2.18. The first-order valence-corrected chi connectivity index (χ1v) is 7.46. The Morgan fingerprint density at radius 2 is 2.00 bits per heavy atom. The van der Waals surface area contributed by atoms with Crippen LogP contribution in [0.15, 0.2) is 12.1 Å². The molecule has 0 aliphatic carbocycles. The maximum atomic E-state index is 11.2. The van der Waals surface area contributed by atoms with E-state index in [0.717, 1.165) is 50.5 Å². The number of carboxylic acids is 1. The van der Waals surface area contributed by atoms with Crippen LogP contribution >= 0.6 is 0 Å². The fourth-order valence-corrected chi connectivity index (χ4v) is 2.58. The topological polar surface area (TPSA) is 76.9 Å². The van der Waals surface area contributed by atoms with Gasteiger partial charge < -0.3 is 15.1 Å². The van der Waals surface area contributed by atoms with Crippen molar-refractivity contribution in [2.24, 2.45) is 0 Å². The van der Waals surface area contributed by atoms with Crippen molar-refractivity contribution in [2.45, 2.75) is 19.8 Å². The number of hydrogen-bond acceptors (Lipinski definition) is 5. The average Bonchev–Trinajstić information content (AvgIpc) is 2.48. The number of nitrogens with zero attached hydrogens (tertiary/aromatic N) is 3. The van der Waals surface area contributed by atoms with E-state index in [0.29, 0.717) is 12.1 Å². The van der Waals surface area contributed by atoms with E-state index in [1.165, 1.54) is 0 Å². The van der Waals surface area contributed by atoms with Crippen LogP contribution in [0, 0.1) is 0 Å². The number of carbonyl (C=O) groups is 1. The fraction of sp³-hybridized carbons (Fsp3) is 0.600. The van der Waals surface area contributed by atoms with Crippen molar-refractivity contribution in [3.05, 3.63) is 23.4 Å². The molecule has 2 rings (SSSR count). The van der Waals surface area contributed by atoms with Gasteiger partial charge in [0, 0.05) is 38.4 Å². The molecule has 1 aromatic heterocycles. The minimum absolute atomic E-state index is 0.174. The zero-order valence-corrected chi connectivity index (χ0v) is 12.5. The van der Waals surface area contributed by atoms with Crippen molar-refractivity contribution in [3.63, 3.8) is 0 Å². The number of aromatic carboxylic acids is 1. The molecule has 0 aromatic carbocycles. The van der Waals surface area contributed by atoms with Gasteiger partial charge in [0.25, 0.3) is 0 Å². The van der Waals surface area contributed by atoms with E-state index in [9.17, 15) is 9.90 Å². The molecule has 1 fully saturated rings. The van der Waals surface area contributed by atoms with Crippen molar-refractivity contribution in [1.29, 1.82) is 0 Å². The van der Waals surface area contributed by atoms with Crippen LogP contribution in [0.5, 0.6) is 0 Å². The molecular weight excluding hydrogens is 270 g/mol. The van der Waals surface area contributed by atoms with Crippen LogP contribution in [0.4, 0.5) is 5.82 Å². The minimum atomic E-state index is -0.907. The van der Waals surface area contributed by atoms with Crippen molar-refractivity contribution in [1.82, 2.24) is 9.88 Å². The number of aliphatic hydroxyl groups excluding tert-OH is 1. The molecule has 0 radical (unpaired) electrons. The summed E-state index contributed by atoms with van der Waals surface area (Å²) in [5, 5.41) is 18.2. The van der Waals surface area contributed by atoms with E-state index < -0.39 is 5.97 Å². The number of aromatic nitrogens is 1. The highest BCUT2D eigenvalue weighted by atomic mass is 16.4. The molecule has 21 heavy (non-hydrogen) atoms. The predicted octanol–water partition coefficient (Wildman–Crippen LogP) is 0.847. The van der Waals surface area contributed by atoms with Gasteiger partial charge in [-0.2, -0.15) is 0 Å². The lowest BCUT2D eigenvalue weighted by atomic mass is 10.1. The Balaban J connectivity index is 2.13. The smallest absolute Gasteiger partial charge is 0.335 e. The summed E-state index contributed by atoms with van der Waals surface area (Å²) in [5.41, 5.74) is 1.14. The van der Waals surface area contributed by atoms with Gasteiger partial charge in [0.05, 0.1) is 12.2 Å². The second kappa shape index (κ2) is 7.38. The van der Waals surface area contributed by atoms with Gasteiger partial charge in [0.15, 0.2) is 0 Å². The van der Waals surface area contributed by atoms with E-state index in [2.05, 4.69) is 21.7 Å². The monoisotopic (exact) mass is 293 g/mol. The van der Waals surface area contributed by atoms with E-state index >= 15 is 0 Å². The van der Waals surface area contributed by atoms with Crippen LogP contribution in [0.2, 0.25) is 0 Å². The summed E-state index contributed by atoms with van der Waals surface area (Å²) in [5.74, 6) is -0.156. The molecule has 1 aliphatic heterocycles. The summed E-state index contributed by atoms with van der Waals surface area (Å²) in [6.45, 7) is 6.27. The first kappa shape index (κ1) is 15.7. The van der Waals surface area contributed by atoms with Gasteiger partial charge in [-0.1, -0.05) is 13.3 Å². The van der Waals surface area contributed by atoms with Crippen LogP contribution in [0.25, 0.3) is 0 Å². The SMILES string of the molecule is CCCc1cc(C(=O)O)cc(N2CCN(CCO)CC2)n1. The molecule has 2 N–H and O–H groups in total. The lowest BCUT2D eigenvalue weighted by Crippen LogP contribution is -2.47. The Labute approximate surface area is 125 Å². The van der Waals surface area contributed by atoms with Gasteiger partial charge >= 0.3 is 5.97 Å². The maximum absolute atomic E-state index is 11.2. The number of anilines is 1. The summed E-state index contributed by atoms with van der Waals surface area (Å²) >= 11 is 0. The molecule has 1 aromatic rings. The van der Waals surface area contributed by atoms with Crippen molar-refractivity contribution < 1.29 is 15.0 Å². The van der Waals surface area contributed by atoms with Crippen LogP contribution in [0.1, 0.15) is 29.4 Å². The highest BCUT2D eigenvalue weighted by molar-refractivity contribution is 5.88. The summed E-state index contributed by atoms with van der Waals surface area (Å²) < 4.78 is 0. The van der Waals surface area contributed by atoms with Gasteiger partial charge in [-0.3, -0.25) is 4.90 Å². The second-order valence-corrected chi connectivity index (χ2v) is 5.31. The largest absolute Gasteiger partial charge is 0.478 e. The van der Waals surface area contributed by atoms with Gasteiger partial charge in [-0.15, -0.1) is 0 Å². The number of pyridine rings is 1. The Kier molecular flexibility index (Phi) is 5.52. The molecule has 1 aliphatic rings. The summed E-state index contributed by atoms with van der Waals surface area (Å²) in [6, 6.07) is 3.32. The maximum Gasteiger partial charge on any atom is 0.335 e. The van der Waals surface area contributed by atoms with Gasteiger partial charge in [-0.25, -0.2) is 9.78 Å². The molecule has 6 heteroatoms. The van der Waals surface area contributed by atoms with Crippen LogP contribution < -0.4 is 4.90 Å². The van der Waals surface area contributed by atoms with E-state index in [1.807, 2.05) is 0 Å². The third kappa shape index (κ3) is 4.15. The molecule has 2 heterocycles. The van der Waals surface area contributed by atoms with E-state index in [1.54, 1.807) is 12.1 Å². The van der Waals surface area contributed by atoms with Crippen molar-refractivity contribution >= 4 is 11.8 Å². The average molecular weight is 293 g/mol. The lowest BCUT2D eigenvalue weighted by molar-refractivity contribution is 0.0696. The number of aryl methyl sites for hydroxylation is 1. The first-order chi connectivity index (χ1) is 10.1. The fourth-order valence-electron chi connectivity index (χ4n) is 2.58. The van der Waals surface area contributed by atoms with E-state index in [-0.39, 0.29) is 6.61 Å². The third-order valence-corrected chi connectivity index (χ3v) is 3.73. The van der Waals surface area contributed by atoms with E-state index in [4.69, 9.17) is 5.11 Å². The van der Waals surface area contributed by atoms with Gasteiger partial charge in [0.2, 0.25) is 0 Å². The molecule has 1 saturated heterocycles. The number of aliphatic hydroxyl groups is 1. The first-order valence-electron chi connectivity index (χ1n) is 7.46.